The molecule has 158 valence electrons. The van der Waals surface area contributed by atoms with Gasteiger partial charge in [0.05, 0.1) is 18.2 Å². The molecular formula is C24H28N2O4. The molecule has 1 aromatic heterocycles. The van der Waals surface area contributed by atoms with Crippen molar-refractivity contribution < 1.29 is 19.1 Å². The van der Waals surface area contributed by atoms with Gasteiger partial charge >= 0.3 is 5.97 Å². The van der Waals surface area contributed by atoms with Gasteiger partial charge in [-0.25, -0.2) is 4.79 Å². The number of nitrogens with one attached hydrogen (secondary N) is 1. The topological polar surface area (TPSA) is 69.6 Å². The minimum atomic E-state index is -0.431. The molecule has 1 N–H and O–H groups in total. The average molecular weight is 408 g/mol. The third kappa shape index (κ3) is 4.17. The molecule has 1 amide bonds. The lowest BCUT2D eigenvalue weighted by atomic mass is 10.1. The van der Waals surface area contributed by atoms with E-state index in [1.807, 2.05) is 58.2 Å². The highest BCUT2D eigenvalue weighted by Crippen LogP contribution is 2.37. The number of hydrogen-bond donors (Lipinski definition) is 1. The summed E-state index contributed by atoms with van der Waals surface area (Å²) in [7, 11) is 1.82. The van der Waals surface area contributed by atoms with E-state index in [2.05, 4.69) is 5.32 Å². The van der Waals surface area contributed by atoms with Crippen LogP contribution in [0.15, 0.2) is 42.5 Å². The monoisotopic (exact) mass is 408 g/mol. The minimum absolute atomic E-state index is 0.128. The number of ether oxygens (including phenoxy) is 2. The van der Waals surface area contributed by atoms with E-state index < -0.39 is 5.97 Å². The zero-order valence-electron chi connectivity index (χ0n) is 18.1. The molecule has 0 saturated carbocycles. The number of hydrogen-bond acceptors (Lipinski definition) is 4. The van der Waals surface area contributed by atoms with Crippen LogP contribution in [0.25, 0.3) is 10.9 Å². The van der Waals surface area contributed by atoms with Gasteiger partial charge in [0.1, 0.15) is 0 Å². The van der Waals surface area contributed by atoms with Crippen molar-refractivity contribution in [3.8, 4) is 5.75 Å². The fourth-order valence-electron chi connectivity index (χ4n) is 3.47. The van der Waals surface area contributed by atoms with Gasteiger partial charge in [0.15, 0.2) is 11.4 Å². The Hall–Kier alpha value is -3.28. The highest BCUT2D eigenvalue weighted by atomic mass is 16.5. The molecule has 6 nitrogen and oxygen atoms in total. The maximum absolute atomic E-state index is 12.7. The maximum atomic E-state index is 12.7. The van der Waals surface area contributed by atoms with E-state index in [1.54, 1.807) is 23.6 Å². The van der Waals surface area contributed by atoms with Crippen LogP contribution in [0.3, 0.4) is 0 Å². The summed E-state index contributed by atoms with van der Waals surface area (Å²) < 4.78 is 13.1. The molecule has 0 atom stereocenters. The van der Waals surface area contributed by atoms with E-state index in [1.165, 1.54) is 0 Å². The van der Waals surface area contributed by atoms with Gasteiger partial charge in [-0.2, -0.15) is 0 Å². The number of aromatic nitrogens is 1. The van der Waals surface area contributed by atoms with Crippen molar-refractivity contribution >= 4 is 28.5 Å². The third-order valence-corrected chi connectivity index (χ3v) is 4.87. The normalized spacial score (nSPS) is 11.0. The van der Waals surface area contributed by atoms with Crippen LogP contribution in [0.4, 0.5) is 5.69 Å². The molecule has 0 spiro atoms. The van der Waals surface area contributed by atoms with Crippen LogP contribution in [0.2, 0.25) is 0 Å². The van der Waals surface area contributed by atoms with Crippen molar-refractivity contribution in [2.24, 2.45) is 7.05 Å². The Balaban J connectivity index is 2.15. The number of carbonyl (C=O) groups excluding carboxylic acids is 2. The van der Waals surface area contributed by atoms with Crippen LogP contribution < -0.4 is 10.1 Å². The van der Waals surface area contributed by atoms with Crippen LogP contribution in [0.5, 0.6) is 5.75 Å². The Morgan fingerprint density at radius 3 is 2.40 bits per heavy atom. The Labute approximate surface area is 176 Å². The second-order valence-electron chi connectivity index (χ2n) is 7.32. The molecule has 0 aliphatic heterocycles. The van der Waals surface area contributed by atoms with E-state index in [-0.39, 0.29) is 18.6 Å². The lowest BCUT2D eigenvalue weighted by Crippen LogP contribution is -2.14. The lowest BCUT2D eigenvalue weighted by Gasteiger charge is -2.13. The maximum Gasteiger partial charge on any atom is 0.358 e. The van der Waals surface area contributed by atoms with E-state index >= 15 is 0 Å². The fraction of sp³-hybridized carbons (Fsp3) is 0.333. The Morgan fingerprint density at radius 2 is 1.80 bits per heavy atom. The van der Waals surface area contributed by atoms with E-state index in [0.29, 0.717) is 22.7 Å². The minimum Gasteiger partial charge on any atom is -0.488 e. The fourth-order valence-corrected chi connectivity index (χ4v) is 3.47. The van der Waals surface area contributed by atoms with Crippen molar-refractivity contribution in [1.29, 1.82) is 0 Å². The van der Waals surface area contributed by atoms with E-state index in [9.17, 15) is 9.59 Å². The van der Waals surface area contributed by atoms with Gasteiger partial charge < -0.3 is 19.4 Å². The summed E-state index contributed by atoms with van der Waals surface area (Å²) in [6, 6.07) is 13.0. The molecule has 2 aromatic carbocycles. The van der Waals surface area contributed by atoms with Crippen LogP contribution in [-0.2, 0) is 18.2 Å². The van der Waals surface area contributed by atoms with Gasteiger partial charge in [-0.05, 0) is 57.0 Å². The van der Waals surface area contributed by atoms with Crippen molar-refractivity contribution in [2.45, 2.75) is 40.2 Å². The van der Waals surface area contributed by atoms with Gasteiger partial charge in [-0.1, -0.05) is 25.1 Å². The summed E-state index contributed by atoms with van der Waals surface area (Å²) in [6.07, 6.45) is 0.595. The second kappa shape index (κ2) is 9.03. The molecule has 0 radical (unpaired) electrons. The van der Waals surface area contributed by atoms with Gasteiger partial charge in [0, 0.05) is 23.7 Å². The van der Waals surface area contributed by atoms with Crippen LogP contribution in [-0.4, -0.2) is 29.2 Å². The SMILES string of the molecule is CCOC(=O)c1c(OC(C)C)c2cc(NC(=O)c3ccccc3)c(CC)cc2n1C. The Kier molecular flexibility index (Phi) is 6.45. The number of rotatable bonds is 7. The number of amides is 1. The number of carbonyl (C=O) groups is 2. The highest BCUT2D eigenvalue weighted by molar-refractivity contribution is 6.07. The molecule has 0 aliphatic carbocycles. The second-order valence-corrected chi connectivity index (χ2v) is 7.32. The van der Waals surface area contributed by atoms with Gasteiger partial charge in [-0.15, -0.1) is 0 Å². The summed E-state index contributed by atoms with van der Waals surface area (Å²) in [5.41, 5.74) is 3.48. The summed E-state index contributed by atoms with van der Waals surface area (Å²) in [5, 5.41) is 3.77. The Bertz CT molecular complexity index is 1070. The molecule has 0 saturated heterocycles. The average Bonchev–Trinajstić information content (AvgIpc) is 2.98. The van der Waals surface area contributed by atoms with Gasteiger partial charge in [0.2, 0.25) is 0 Å². The number of nitrogens with zero attached hydrogens (tertiary/aromatic N) is 1. The van der Waals surface area contributed by atoms with Gasteiger partial charge in [-0.3, -0.25) is 4.79 Å². The van der Waals surface area contributed by atoms with Crippen LogP contribution >= 0.6 is 0 Å². The number of anilines is 1. The van der Waals surface area contributed by atoms with E-state index in [4.69, 9.17) is 9.47 Å². The first-order valence-corrected chi connectivity index (χ1v) is 10.2. The summed E-state index contributed by atoms with van der Waals surface area (Å²) >= 11 is 0. The lowest BCUT2D eigenvalue weighted by molar-refractivity contribution is 0.0509. The smallest absolute Gasteiger partial charge is 0.358 e. The first kappa shape index (κ1) is 21.4. The number of esters is 1. The van der Waals surface area contributed by atoms with E-state index in [0.717, 1.165) is 22.9 Å². The molecular weight excluding hydrogens is 380 g/mol. The summed E-state index contributed by atoms with van der Waals surface area (Å²) in [6.45, 7) is 7.90. The molecule has 1 heterocycles. The molecule has 6 heteroatoms. The predicted octanol–water partition coefficient (Wildman–Crippen LogP) is 4.96. The largest absolute Gasteiger partial charge is 0.488 e. The number of benzene rings is 2. The predicted molar refractivity (Wildman–Crippen MR) is 118 cm³/mol. The first-order valence-electron chi connectivity index (χ1n) is 10.2. The number of fused-ring (bicyclic) bond motifs is 1. The van der Waals surface area contributed by atoms with Gasteiger partial charge in [0.25, 0.3) is 5.91 Å². The summed E-state index contributed by atoms with van der Waals surface area (Å²) in [4.78, 5) is 25.4. The van der Waals surface area contributed by atoms with Crippen LogP contribution in [0, 0.1) is 0 Å². The molecule has 3 rings (SSSR count). The first-order chi connectivity index (χ1) is 14.4. The van der Waals surface area contributed by atoms with Crippen molar-refractivity contribution in [3.63, 3.8) is 0 Å². The molecule has 0 aliphatic rings. The Morgan fingerprint density at radius 1 is 1.10 bits per heavy atom. The quantitative estimate of drug-likeness (QED) is 0.561. The van der Waals surface area contributed by atoms with Crippen molar-refractivity contribution in [3.05, 3.63) is 59.3 Å². The zero-order chi connectivity index (χ0) is 21.8. The van der Waals surface area contributed by atoms with Crippen molar-refractivity contribution in [1.82, 2.24) is 4.57 Å². The standard InChI is InChI=1S/C24H28N2O4/c1-6-16-13-20-18(14-19(16)25-23(27)17-11-9-8-10-12-17)22(30-15(3)4)21(26(20)5)24(28)29-7-2/h8-15H,6-7H2,1-5H3,(H,25,27). The molecule has 3 aromatic rings. The summed E-state index contributed by atoms with van der Waals surface area (Å²) in [5.74, 6) is -0.142. The number of aryl methyl sites for hydroxylation is 2. The zero-order valence-corrected chi connectivity index (χ0v) is 18.1. The van der Waals surface area contributed by atoms with Crippen molar-refractivity contribution in [2.75, 3.05) is 11.9 Å². The molecule has 0 unspecified atom stereocenters. The molecule has 0 bridgehead atoms. The highest BCUT2D eigenvalue weighted by Gasteiger charge is 2.26. The molecule has 0 fully saturated rings. The molecule has 30 heavy (non-hydrogen) atoms. The third-order valence-electron chi connectivity index (χ3n) is 4.87. The van der Waals surface area contributed by atoms with Crippen LogP contribution in [0.1, 0.15) is 54.1 Å².